The molecule has 0 bridgehead atoms. The fourth-order valence-corrected chi connectivity index (χ4v) is 0.856. The molecule has 0 saturated heterocycles. The Morgan fingerprint density at radius 3 is 0.917 bits per heavy atom. The Morgan fingerprint density at radius 2 is 0.833 bits per heavy atom. The summed E-state index contributed by atoms with van der Waals surface area (Å²) in [6.45, 7) is -1.56. The number of phenolic OH excluding ortho intramolecular Hbond substituents is 2. The van der Waals surface area contributed by atoms with Crippen molar-refractivity contribution in [3.05, 3.63) is 60.7 Å². The molecule has 2 aromatic carbocycles. The molecular weight excluding hydrogens is 320 g/mol. The summed E-state index contributed by atoms with van der Waals surface area (Å²) in [5, 5.41) is 47.3. The summed E-state index contributed by atoms with van der Waals surface area (Å²) in [4.78, 5) is 18.2. The molecule has 6 N–H and O–H groups in total. The van der Waals surface area contributed by atoms with E-state index in [4.69, 9.17) is 40.2 Å². The summed E-state index contributed by atoms with van der Waals surface area (Å²) in [7, 11) is 0. The average molecular weight is 340 g/mol. The van der Waals surface area contributed by atoms with Gasteiger partial charge in [0.15, 0.2) is 0 Å². The molecule has 0 aliphatic rings. The van der Waals surface area contributed by atoms with E-state index in [-0.39, 0.29) is 0 Å². The van der Waals surface area contributed by atoms with Crippen molar-refractivity contribution >= 4 is 11.9 Å². The maximum atomic E-state index is 9.12. The topological polar surface area (TPSA) is 156 Å². The first-order valence-corrected chi connectivity index (χ1v) is 6.46. The van der Waals surface area contributed by atoms with Crippen LogP contribution in [0.4, 0.5) is 0 Å². The van der Waals surface area contributed by atoms with Crippen molar-refractivity contribution in [2.75, 3.05) is 13.2 Å². The van der Waals surface area contributed by atoms with Crippen LogP contribution >= 0.6 is 0 Å². The van der Waals surface area contributed by atoms with Gasteiger partial charge in [-0.05, 0) is 24.3 Å². The molecule has 0 heterocycles. The van der Waals surface area contributed by atoms with E-state index in [1.54, 1.807) is 48.5 Å². The number of benzene rings is 2. The van der Waals surface area contributed by atoms with Crippen LogP contribution in [0.15, 0.2) is 60.7 Å². The molecule has 2 rings (SSSR count). The highest BCUT2D eigenvalue weighted by Gasteiger charge is 1.83. The van der Waals surface area contributed by atoms with Gasteiger partial charge in [0.25, 0.3) is 0 Å². The number of para-hydroxylation sites is 2. The fourth-order valence-electron chi connectivity index (χ4n) is 0.856. The van der Waals surface area contributed by atoms with E-state index in [1.807, 2.05) is 12.1 Å². The van der Waals surface area contributed by atoms with Gasteiger partial charge >= 0.3 is 11.9 Å². The van der Waals surface area contributed by atoms with Crippen LogP contribution in [-0.4, -0.2) is 55.8 Å². The molecule has 0 aliphatic carbocycles. The molecule has 0 radical (unpaired) electrons. The summed E-state index contributed by atoms with van der Waals surface area (Å²) >= 11 is 0. The zero-order valence-electron chi connectivity index (χ0n) is 12.7. The van der Waals surface area contributed by atoms with Crippen molar-refractivity contribution in [2.45, 2.75) is 0 Å². The molecule has 0 saturated carbocycles. The fraction of sp³-hybridized carbons (Fsp3) is 0.125. The lowest BCUT2D eigenvalue weighted by Gasteiger charge is -1.82. The van der Waals surface area contributed by atoms with Gasteiger partial charge in [-0.15, -0.1) is 0 Å². The van der Waals surface area contributed by atoms with Gasteiger partial charge in [-0.3, -0.25) is 0 Å². The lowest BCUT2D eigenvalue weighted by molar-refractivity contribution is -0.141. The van der Waals surface area contributed by atoms with Crippen LogP contribution in [0.5, 0.6) is 11.5 Å². The van der Waals surface area contributed by atoms with Crippen LogP contribution in [0.3, 0.4) is 0 Å². The van der Waals surface area contributed by atoms with Crippen LogP contribution in [-0.2, 0) is 9.59 Å². The van der Waals surface area contributed by atoms with E-state index >= 15 is 0 Å². The highest BCUT2D eigenvalue weighted by Crippen LogP contribution is 2.03. The zero-order valence-corrected chi connectivity index (χ0v) is 12.7. The molecule has 2 aromatic rings. The minimum atomic E-state index is -1.19. The number of carboxylic acid groups (broad SMARTS) is 2. The van der Waals surface area contributed by atoms with E-state index in [0.29, 0.717) is 11.5 Å². The Morgan fingerprint density at radius 1 is 0.625 bits per heavy atom. The third-order valence-corrected chi connectivity index (χ3v) is 1.78. The lowest BCUT2D eigenvalue weighted by Crippen LogP contribution is -1.98. The largest absolute Gasteiger partial charge is 0.508 e. The Bertz CT molecular complexity index is 491. The number of aromatic hydroxyl groups is 2. The smallest absolute Gasteiger partial charge is 0.329 e. The number of carboxylic acids is 2. The Balaban J connectivity index is 0. The first kappa shape index (κ1) is 23.2. The zero-order chi connectivity index (χ0) is 18.8. The Kier molecular flexibility index (Phi) is 15.7. The monoisotopic (exact) mass is 340 g/mol. The quantitative estimate of drug-likeness (QED) is 0.471. The maximum absolute atomic E-state index is 9.12. The van der Waals surface area contributed by atoms with E-state index < -0.39 is 25.2 Å². The summed E-state index contributed by atoms with van der Waals surface area (Å²) in [6.07, 6.45) is 0. The summed E-state index contributed by atoms with van der Waals surface area (Å²) in [5.74, 6) is -1.74. The average Bonchev–Trinajstić information content (AvgIpc) is 2.58. The van der Waals surface area contributed by atoms with Crippen molar-refractivity contribution in [3.63, 3.8) is 0 Å². The van der Waals surface area contributed by atoms with Gasteiger partial charge in [0, 0.05) is 0 Å². The molecule has 0 spiro atoms. The van der Waals surface area contributed by atoms with E-state index in [0.717, 1.165) is 0 Å². The molecule has 0 amide bonds. The second-order valence-corrected chi connectivity index (χ2v) is 3.77. The van der Waals surface area contributed by atoms with E-state index in [9.17, 15) is 0 Å². The number of carbonyl (C=O) groups is 2. The van der Waals surface area contributed by atoms with Crippen molar-refractivity contribution < 1.29 is 40.2 Å². The predicted octanol–water partition coefficient (Wildman–Crippen LogP) is 0.911. The van der Waals surface area contributed by atoms with Crippen LogP contribution in [0.1, 0.15) is 0 Å². The number of hydrogen-bond acceptors (Lipinski definition) is 6. The molecule has 132 valence electrons. The predicted molar refractivity (Wildman–Crippen MR) is 85.7 cm³/mol. The SMILES string of the molecule is O=C(O)CO.O=C(O)CO.Oc1ccccc1.Oc1ccccc1. The molecule has 8 nitrogen and oxygen atoms in total. The molecule has 0 atom stereocenters. The third-order valence-electron chi connectivity index (χ3n) is 1.78. The van der Waals surface area contributed by atoms with Gasteiger partial charge in [0.05, 0.1) is 0 Å². The van der Waals surface area contributed by atoms with Gasteiger partial charge < -0.3 is 30.6 Å². The minimum absolute atomic E-state index is 0.322. The lowest BCUT2D eigenvalue weighted by atomic mass is 10.3. The standard InChI is InChI=1S/2C6H6O.2C2H4O3/c2*7-6-4-2-1-3-5-6;2*3-1-2(4)5/h2*1-5,7H;2*3H,1H2,(H,4,5). The molecule has 0 aromatic heterocycles. The molecule has 0 unspecified atom stereocenters. The minimum Gasteiger partial charge on any atom is -0.508 e. The van der Waals surface area contributed by atoms with Crippen LogP contribution < -0.4 is 0 Å². The highest BCUT2D eigenvalue weighted by molar-refractivity contribution is 5.67. The van der Waals surface area contributed by atoms with Crippen molar-refractivity contribution in [1.82, 2.24) is 0 Å². The second kappa shape index (κ2) is 16.3. The third kappa shape index (κ3) is 21.2. The van der Waals surface area contributed by atoms with E-state index in [2.05, 4.69) is 0 Å². The van der Waals surface area contributed by atoms with Crippen LogP contribution in [0, 0.1) is 0 Å². The van der Waals surface area contributed by atoms with Gasteiger partial charge in [-0.1, -0.05) is 36.4 Å². The number of phenols is 2. The summed E-state index contributed by atoms with van der Waals surface area (Å²) in [6, 6.07) is 17.4. The molecular formula is C16H20O8. The number of aliphatic hydroxyl groups is 2. The number of rotatable bonds is 2. The van der Waals surface area contributed by atoms with Crippen LogP contribution in [0.2, 0.25) is 0 Å². The number of aliphatic carboxylic acids is 2. The normalized spacial score (nSPS) is 8.08. The summed E-state index contributed by atoms with van der Waals surface area (Å²) in [5.41, 5.74) is 0. The molecule has 24 heavy (non-hydrogen) atoms. The van der Waals surface area contributed by atoms with Crippen molar-refractivity contribution in [2.24, 2.45) is 0 Å². The van der Waals surface area contributed by atoms with E-state index in [1.165, 1.54) is 0 Å². The first-order chi connectivity index (χ1) is 11.3. The maximum Gasteiger partial charge on any atom is 0.329 e. The highest BCUT2D eigenvalue weighted by atomic mass is 16.4. The Hall–Kier alpha value is -3.10. The first-order valence-electron chi connectivity index (χ1n) is 6.46. The van der Waals surface area contributed by atoms with Crippen LogP contribution in [0.25, 0.3) is 0 Å². The second-order valence-electron chi connectivity index (χ2n) is 3.77. The molecule has 0 aliphatic heterocycles. The molecule has 8 heteroatoms. The summed E-state index contributed by atoms with van der Waals surface area (Å²) < 4.78 is 0. The van der Waals surface area contributed by atoms with Gasteiger partial charge in [0.2, 0.25) is 0 Å². The molecule has 0 fully saturated rings. The van der Waals surface area contributed by atoms with Crippen molar-refractivity contribution in [3.8, 4) is 11.5 Å². The van der Waals surface area contributed by atoms with Gasteiger partial charge in [-0.25, -0.2) is 9.59 Å². The Labute approximate surface area is 138 Å². The number of aliphatic hydroxyl groups excluding tert-OH is 2. The van der Waals surface area contributed by atoms with Crippen molar-refractivity contribution in [1.29, 1.82) is 0 Å². The van der Waals surface area contributed by atoms with Gasteiger partial charge in [0.1, 0.15) is 24.7 Å². The van der Waals surface area contributed by atoms with Gasteiger partial charge in [-0.2, -0.15) is 0 Å². The number of hydrogen-bond donors (Lipinski definition) is 6.